The zero-order chi connectivity index (χ0) is 17.6. The van der Waals surface area contributed by atoms with Gasteiger partial charge in [-0.05, 0) is 63.3 Å². The van der Waals surface area contributed by atoms with Crippen LogP contribution in [0.5, 0.6) is 0 Å². The number of allylic oxidation sites excluding steroid dienone is 8. The van der Waals surface area contributed by atoms with Gasteiger partial charge in [0.1, 0.15) is 0 Å². The number of rotatable bonds is 14. The first-order chi connectivity index (χ1) is 11.9. The van der Waals surface area contributed by atoms with Crippen LogP contribution in [0.15, 0.2) is 65.8 Å². The largest absolute Gasteiger partial charge is 0.0917 e. The molecule has 0 aliphatic carbocycles. The van der Waals surface area contributed by atoms with Gasteiger partial charge in [-0.2, -0.15) is 0 Å². The summed E-state index contributed by atoms with van der Waals surface area (Å²) < 4.78 is 0. The molecule has 0 amide bonds. The molecule has 0 nitrogen and oxygen atoms in total. The first-order valence-corrected chi connectivity index (χ1v) is 9.74. The molecule has 0 radical (unpaired) electrons. The molecule has 0 heteroatoms. The lowest BCUT2D eigenvalue weighted by Gasteiger charge is -1.96. The van der Waals surface area contributed by atoms with E-state index in [1.54, 1.807) is 0 Å². The van der Waals surface area contributed by atoms with Crippen molar-refractivity contribution in [3.63, 3.8) is 0 Å². The maximum Gasteiger partial charge on any atom is -0.0112 e. The molecule has 0 saturated heterocycles. The smallest absolute Gasteiger partial charge is 0.0112 e. The number of hydrogen-bond donors (Lipinski definition) is 0. The van der Waals surface area contributed by atoms with Crippen LogP contribution in [0.4, 0.5) is 0 Å². The molecule has 0 aromatic carbocycles. The normalized spacial score (nSPS) is 10.9. The Bertz CT molecular complexity index is 468. The predicted octanol–water partition coefficient (Wildman–Crippen LogP) is 8.01. The van der Waals surface area contributed by atoms with Crippen LogP contribution < -0.4 is 0 Å². The van der Waals surface area contributed by atoms with Crippen LogP contribution in [0, 0.1) is 0 Å². The van der Waals surface area contributed by atoms with Crippen LogP contribution in [0.3, 0.4) is 0 Å². The molecule has 0 atom stereocenters. The van der Waals surface area contributed by atoms with E-state index in [-0.39, 0.29) is 0 Å². The lowest BCUT2D eigenvalue weighted by molar-refractivity contribution is 0.611. The van der Waals surface area contributed by atoms with Crippen LogP contribution in [-0.2, 0) is 0 Å². The van der Waals surface area contributed by atoms with Crippen LogP contribution >= 0.6 is 0 Å². The minimum atomic E-state index is 1.02. The SMILES string of the molecule is C/C=C/CC/C=C/CCC=C=C=C=C/C=C/CCCCCCCC. The van der Waals surface area contributed by atoms with E-state index in [0.717, 1.165) is 25.7 Å². The molecule has 0 N–H and O–H groups in total. The highest BCUT2D eigenvalue weighted by Crippen LogP contribution is 2.07. The third-order valence-electron chi connectivity index (χ3n) is 3.67. The molecule has 24 heavy (non-hydrogen) atoms. The Labute approximate surface area is 150 Å². The summed E-state index contributed by atoms with van der Waals surface area (Å²) in [5.41, 5.74) is 8.96. The highest BCUT2D eigenvalue weighted by atomic mass is 13.9. The van der Waals surface area contributed by atoms with Gasteiger partial charge in [-0.15, -0.1) is 0 Å². The minimum absolute atomic E-state index is 1.02. The lowest BCUT2D eigenvalue weighted by Crippen LogP contribution is -1.77. The maximum atomic E-state index is 3.03. The van der Waals surface area contributed by atoms with E-state index in [0.29, 0.717) is 0 Å². The van der Waals surface area contributed by atoms with E-state index in [1.807, 2.05) is 12.2 Å². The molecule has 0 aromatic heterocycles. The Morgan fingerprint density at radius 2 is 1.38 bits per heavy atom. The molecule has 0 unspecified atom stereocenters. The summed E-state index contributed by atoms with van der Waals surface area (Å²) in [4.78, 5) is 0. The topological polar surface area (TPSA) is 0 Å². The number of unbranched alkanes of at least 4 members (excludes halogenated alkanes) is 8. The Morgan fingerprint density at radius 3 is 2.17 bits per heavy atom. The molecule has 0 aromatic rings. The van der Waals surface area contributed by atoms with Crippen molar-refractivity contribution in [1.29, 1.82) is 0 Å². The van der Waals surface area contributed by atoms with E-state index < -0.39 is 0 Å². The summed E-state index contributed by atoms with van der Waals surface area (Å²) in [5, 5.41) is 0. The average molecular weight is 325 g/mol. The molecule has 0 saturated carbocycles. The molecular weight excluding hydrogens is 288 g/mol. The fraction of sp³-hybridized carbons (Fsp3) is 0.542. The first kappa shape index (κ1) is 22.3. The zero-order valence-corrected chi connectivity index (χ0v) is 15.9. The highest BCUT2D eigenvalue weighted by molar-refractivity contribution is 5.02. The fourth-order valence-electron chi connectivity index (χ4n) is 2.24. The van der Waals surface area contributed by atoms with Gasteiger partial charge in [-0.1, -0.05) is 86.9 Å². The van der Waals surface area contributed by atoms with Gasteiger partial charge in [0.05, 0.1) is 0 Å². The summed E-state index contributed by atoms with van der Waals surface area (Å²) in [6.45, 7) is 4.32. The van der Waals surface area contributed by atoms with Gasteiger partial charge in [-0.25, -0.2) is 0 Å². The van der Waals surface area contributed by atoms with Crippen molar-refractivity contribution in [2.24, 2.45) is 0 Å². The van der Waals surface area contributed by atoms with Crippen molar-refractivity contribution in [2.75, 3.05) is 0 Å². The van der Waals surface area contributed by atoms with Crippen molar-refractivity contribution in [3.05, 3.63) is 65.8 Å². The van der Waals surface area contributed by atoms with Crippen molar-refractivity contribution in [2.45, 2.75) is 84.5 Å². The van der Waals surface area contributed by atoms with Crippen LogP contribution in [0.1, 0.15) is 84.5 Å². The predicted molar refractivity (Wildman–Crippen MR) is 109 cm³/mol. The van der Waals surface area contributed by atoms with Crippen LogP contribution in [0.25, 0.3) is 0 Å². The van der Waals surface area contributed by atoms with Gasteiger partial charge >= 0.3 is 0 Å². The summed E-state index contributed by atoms with van der Waals surface area (Å²) >= 11 is 0. The van der Waals surface area contributed by atoms with Gasteiger partial charge < -0.3 is 0 Å². The third-order valence-corrected chi connectivity index (χ3v) is 3.67. The molecular formula is C24H36. The third kappa shape index (κ3) is 20.3. The quantitative estimate of drug-likeness (QED) is 0.131. The average Bonchev–Trinajstić information content (AvgIpc) is 2.60. The van der Waals surface area contributed by atoms with Gasteiger partial charge in [-0.3, -0.25) is 0 Å². The fourth-order valence-corrected chi connectivity index (χ4v) is 2.24. The second-order valence-electron chi connectivity index (χ2n) is 5.96. The second-order valence-corrected chi connectivity index (χ2v) is 5.96. The van der Waals surface area contributed by atoms with E-state index in [4.69, 9.17) is 0 Å². The molecule has 0 heterocycles. The maximum absolute atomic E-state index is 3.03. The van der Waals surface area contributed by atoms with E-state index in [9.17, 15) is 0 Å². The van der Waals surface area contributed by atoms with Crippen molar-refractivity contribution in [1.82, 2.24) is 0 Å². The molecule has 132 valence electrons. The van der Waals surface area contributed by atoms with Crippen molar-refractivity contribution in [3.8, 4) is 0 Å². The monoisotopic (exact) mass is 324 g/mol. The first-order valence-electron chi connectivity index (χ1n) is 9.74. The van der Waals surface area contributed by atoms with Gasteiger partial charge in [0.2, 0.25) is 0 Å². The Balaban J connectivity index is 3.65. The second kappa shape index (κ2) is 21.3. The van der Waals surface area contributed by atoms with Gasteiger partial charge in [0, 0.05) is 0 Å². The van der Waals surface area contributed by atoms with Crippen molar-refractivity contribution >= 4 is 0 Å². The van der Waals surface area contributed by atoms with E-state index in [2.05, 4.69) is 67.5 Å². The summed E-state index contributed by atoms with van der Waals surface area (Å²) in [6, 6.07) is 0. The van der Waals surface area contributed by atoms with Gasteiger partial charge in [0.15, 0.2) is 0 Å². The van der Waals surface area contributed by atoms with Gasteiger partial charge in [0.25, 0.3) is 0 Å². The van der Waals surface area contributed by atoms with Crippen LogP contribution in [0.2, 0.25) is 0 Å². The minimum Gasteiger partial charge on any atom is -0.0917 e. The van der Waals surface area contributed by atoms with E-state index in [1.165, 1.54) is 44.9 Å². The van der Waals surface area contributed by atoms with E-state index >= 15 is 0 Å². The summed E-state index contributed by atoms with van der Waals surface area (Å²) in [5.74, 6) is 0. The standard InChI is InChI=1S/C24H36/c1-3-5-7-9-11-13-15-17-19-21-23-24-22-20-18-16-14-12-10-8-6-4-2/h3,5,11,13,18-20,22H,4,6-10,12,14-17H2,1-2H3/b5-3+,13-11+,20-18+. The zero-order valence-electron chi connectivity index (χ0n) is 15.9. The molecule has 0 aliphatic heterocycles. The molecule has 0 rings (SSSR count). The van der Waals surface area contributed by atoms with Crippen molar-refractivity contribution < 1.29 is 0 Å². The van der Waals surface area contributed by atoms with Crippen LogP contribution in [-0.4, -0.2) is 0 Å². The summed E-state index contributed by atoms with van der Waals surface area (Å²) in [7, 11) is 0. The molecule has 0 bridgehead atoms. The molecule has 0 fully saturated rings. The lowest BCUT2D eigenvalue weighted by atomic mass is 10.1. The molecule has 0 spiro atoms. The number of hydrogen-bond acceptors (Lipinski definition) is 0. The highest BCUT2D eigenvalue weighted by Gasteiger charge is 1.87. The Morgan fingerprint density at radius 1 is 0.667 bits per heavy atom. The molecule has 0 aliphatic rings. The Kier molecular flexibility index (Phi) is 19.8. The summed E-state index contributed by atoms with van der Waals surface area (Å²) in [6.07, 6.45) is 30.7. The Hall–Kier alpha value is -1.70.